The Morgan fingerprint density at radius 2 is 1.38 bits per heavy atom. The lowest BCUT2D eigenvalue weighted by atomic mass is 10.2. The lowest BCUT2D eigenvalue weighted by Crippen LogP contribution is -2.33. The number of carbonyl (C=O) groups excluding carboxylic acids is 1. The van der Waals surface area contributed by atoms with Crippen molar-refractivity contribution in [1.82, 2.24) is 33.6 Å². The molecule has 0 unspecified atom stereocenters. The van der Waals surface area contributed by atoms with E-state index in [9.17, 15) is 48.0 Å². The summed E-state index contributed by atoms with van der Waals surface area (Å²) in [7, 11) is -3.45. The van der Waals surface area contributed by atoms with E-state index in [0.717, 1.165) is 24.5 Å². The van der Waals surface area contributed by atoms with Gasteiger partial charge in [0.25, 0.3) is 9.05 Å². The Morgan fingerprint density at radius 3 is 1.81 bits per heavy atom. The summed E-state index contributed by atoms with van der Waals surface area (Å²) in [5.41, 5.74) is 0.198. The van der Waals surface area contributed by atoms with Crippen molar-refractivity contribution in [2.75, 3.05) is 0 Å². The predicted molar refractivity (Wildman–Crippen MR) is 130 cm³/mol. The van der Waals surface area contributed by atoms with Crippen molar-refractivity contribution >= 4 is 35.8 Å². The highest BCUT2D eigenvalue weighted by molar-refractivity contribution is 8.13. The van der Waals surface area contributed by atoms with Crippen molar-refractivity contribution < 1.29 is 52.7 Å². The molecular formula is C20H22ClF6N7O6S2. The molecule has 13 nitrogen and oxygen atoms in total. The smallest absolute Gasteiger partial charge is 0.410 e. The monoisotopic (exact) mass is 669 g/mol. The molecule has 0 saturated heterocycles. The summed E-state index contributed by atoms with van der Waals surface area (Å²) in [4.78, 5) is 13.5. The lowest BCUT2D eigenvalue weighted by Gasteiger charge is -2.24. The molecule has 22 heteroatoms. The van der Waals surface area contributed by atoms with Crippen molar-refractivity contribution in [2.24, 2.45) is 0 Å². The van der Waals surface area contributed by atoms with Gasteiger partial charge in [0.15, 0.2) is 10.1 Å². The molecule has 0 aliphatic carbocycles. The van der Waals surface area contributed by atoms with Crippen LogP contribution < -0.4 is 0 Å². The second kappa shape index (κ2) is 11.4. The number of aromatic nitrogens is 6. The minimum absolute atomic E-state index is 0.0648. The molecule has 234 valence electrons. The Labute approximate surface area is 239 Å². The normalized spacial score (nSPS) is 14.4. The van der Waals surface area contributed by atoms with Crippen LogP contribution in [0.25, 0.3) is 0 Å². The molecule has 3 aromatic rings. The zero-order valence-corrected chi connectivity index (χ0v) is 24.1. The molecule has 0 aromatic carbocycles. The van der Waals surface area contributed by atoms with Crippen molar-refractivity contribution in [2.45, 2.75) is 75.0 Å². The van der Waals surface area contributed by atoms with Crippen LogP contribution in [0.2, 0.25) is 0 Å². The molecular weight excluding hydrogens is 648 g/mol. The van der Waals surface area contributed by atoms with Crippen molar-refractivity contribution in [3.63, 3.8) is 0 Å². The van der Waals surface area contributed by atoms with Crippen LogP contribution in [0.4, 0.5) is 31.1 Å². The molecule has 42 heavy (non-hydrogen) atoms. The van der Waals surface area contributed by atoms with Crippen LogP contribution in [0.3, 0.4) is 0 Å². The molecule has 0 fully saturated rings. The Kier molecular flexibility index (Phi) is 9.00. The average molecular weight is 670 g/mol. The number of alkyl halides is 6. The van der Waals surface area contributed by atoms with E-state index in [2.05, 4.69) is 15.3 Å². The molecule has 4 heterocycles. The number of amides is 1. The van der Waals surface area contributed by atoms with Gasteiger partial charge < -0.3 is 4.74 Å². The second-order valence-corrected chi connectivity index (χ2v) is 13.9. The Morgan fingerprint density at radius 1 is 0.881 bits per heavy atom. The topological polar surface area (TPSA) is 151 Å². The molecule has 1 aliphatic rings. The van der Waals surface area contributed by atoms with Crippen LogP contribution in [0, 0.1) is 0 Å². The molecule has 0 saturated carbocycles. The van der Waals surface area contributed by atoms with Crippen LogP contribution in [-0.2, 0) is 50.0 Å². The van der Waals surface area contributed by atoms with Crippen molar-refractivity contribution in [3.8, 4) is 0 Å². The second-order valence-electron chi connectivity index (χ2n) is 9.69. The van der Waals surface area contributed by atoms with E-state index >= 15 is 0 Å². The van der Waals surface area contributed by atoms with E-state index in [1.807, 2.05) is 0 Å². The van der Waals surface area contributed by atoms with Crippen molar-refractivity contribution in [1.29, 1.82) is 0 Å². The predicted octanol–water partition coefficient (Wildman–Crippen LogP) is 3.50. The maximum atomic E-state index is 12.6. The summed E-state index contributed by atoms with van der Waals surface area (Å²) in [5.74, 6) is 0. The number of nitrogens with zero attached hydrogens (tertiary/aromatic N) is 7. The molecule has 1 amide bonds. The SMILES string of the molecule is CC(C)(C)OC(=O)N1Cc2cn(S(=O)(=O)c3ccn(CC(F)(F)F)n3)nc2C1.O=S(=O)(Cl)c1ccn(CC(F)(F)F)n1. The summed E-state index contributed by atoms with van der Waals surface area (Å²) in [5, 5.41) is 9.43. The summed E-state index contributed by atoms with van der Waals surface area (Å²) in [6, 6.07) is 1.87. The van der Waals surface area contributed by atoms with Gasteiger partial charge in [0.1, 0.15) is 18.7 Å². The van der Waals surface area contributed by atoms with E-state index in [-0.39, 0.29) is 13.1 Å². The Hall–Kier alpha value is -3.33. The van der Waals surface area contributed by atoms with Crippen molar-refractivity contribution in [3.05, 3.63) is 42.0 Å². The number of hydrogen-bond donors (Lipinski definition) is 0. The van der Waals surface area contributed by atoms with Gasteiger partial charge in [0.2, 0.25) is 0 Å². The molecule has 3 aromatic heterocycles. The number of carbonyl (C=O) groups is 1. The third kappa shape index (κ3) is 9.08. The maximum absolute atomic E-state index is 12.6. The zero-order chi connectivity index (χ0) is 31.9. The minimum atomic E-state index is -4.52. The van der Waals surface area contributed by atoms with Crippen LogP contribution in [0.5, 0.6) is 0 Å². The minimum Gasteiger partial charge on any atom is -0.444 e. The first-order chi connectivity index (χ1) is 18.9. The quantitative estimate of drug-likeness (QED) is 0.294. The fourth-order valence-electron chi connectivity index (χ4n) is 3.30. The van der Waals surface area contributed by atoms with E-state index in [4.69, 9.17) is 15.4 Å². The number of ether oxygens (including phenoxy) is 1. The third-order valence-electron chi connectivity index (χ3n) is 4.89. The van der Waals surface area contributed by atoms with E-state index in [1.54, 1.807) is 20.8 Å². The number of fused-ring (bicyclic) bond motifs is 1. The fraction of sp³-hybridized carbons (Fsp3) is 0.500. The number of hydrogen-bond acceptors (Lipinski definition) is 9. The van der Waals surface area contributed by atoms with Gasteiger partial charge in [-0.15, -0.1) is 0 Å². The molecule has 0 bridgehead atoms. The maximum Gasteiger partial charge on any atom is 0.410 e. The zero-order valence-electron chi connectivity index (χ0n) is 21.8. The van der Waals surface area contributed by atoms with Gasteiger partial charge in [-0.3, -0.25) is 14.3 Å². The lowest BCUT2D eigenvalue weighted by molar-refractivity contribution is -0.143. The first kappa shape index (κ1) is 33.2. The molecule has 0 spiro atoms. The van der Waals surface area contributed by atoms with Crippen LogP contribution in [0.1, 0.15) is 32.0 Å². The highest BCUT2D eigenvalue weighted by Gasteiger charge is 2.34. The molecule has 0 atom stereocenters. The largest absolute Gasteiger partial charge is 0.444 e. The molecule has 0 N–H and O–H groups in total. The molecule has 4 rings (SSSR count). The summed E-state index contributed by atoms with van der Waals surface area (Å²) < 4.78 is 126. The van der Waals surface area contributed by atoms with Gasteiger partial charge in [0.05, 0.1) is 18.8 Å². The summed E-state index contributed by atoms with van der Waals surface area (Å²) >= 11 is 0. The standard InChI is InChI=1S/C15H18F3N5O4S.C5H4ClF3N2O2S/c1-14(2,3)27-13(24)21-6-10-7-23(19-11(10)8-21)28(25,26)12-4-5-22(20-12)9-15(16,17)18;6-14(12,13)4-1-2-11(10-4)3-5(7,8)9/h4-5,7H,6,8-9H2,1-3H3;1-2H,3H2. The van der Waals surface area contributed by atoms with Crippen LogP contribution in [-0.4, -0.2) is 74.5 Å². The van der Waals surface area contributed by atoms with E-state index < -0.39 is 66.3 Å². The first-order valence-corrected chi connectivity index (χ1v) is 15.1. The van der Waals surface area contributed by atoms with Crippen LogP contribution in [0.15, 0.2) is 40.8 Å². The Balaban J connectivity index is 0.000000291. The van der Waals surface area contributed by atoms with Gasteiger partial charge in [-0.25, -0.2) is 13.2 Å². The summed E-state index contributed by atoms with van der Waals surface area (Å²) in [6.07, 6.45) is -6.47. The fourth-order valence-corrected chi connectivity index (χ4v) is 5.08. The van der Waals surface area contributed by atoms with Gasteiger partial charge >= 0.3 is 28.5 Å². The number of halogens is 7. The van der Waals surface area contributed by atoms with E-state index in [1.165, 1.54) is 11.1 Å². The molecule has 0 radical (unpaired) electrons. The van der Waals surface area contributed by atoms with Gasteiger partial charge in [-0.1, -0.05) is 0 Å². The third-order valence-corrected chi connectivity index (χ3v) is 7.50. The van der Waals surface area contributed by atoms with Gasteiger partial charge in [-0.2, -0.15) is 54.1 Å². The summed E-state index contributed by atoms with van der Waals surface area (Å²) in [6.45, 7) is 2.61. The first-order valence-electron chi connectivity index (χ1n) is 11.4. The van der Waals surface area contributed by atoms with Crippen LogP contribution >= 0.6 is 10.7 Å². The average Bonchev–Trinajstić information content (AvgIpc) is 3.53. The molecule has 1 aliphatic heterocycles. The highest BCUT2D eigenvalue weighted by atomic mass is 35.7. The van der Waals surface area contributed by atoms with Gasteiger partial charge in [-0.05, 0) is 32.9 Å². The Bertz CT molecular complexity index is 1630. The number of rotatable bonds is 5. The van der Waals surface area contributed by atoms with Gasteiger partial charge in [0, 0.05) is 34.8 Å². The highest BCUT2D eigenvalue weighted by Crippen LogP contribution is 2.26. The van der Waals surface area contributed by atoms with E-state index in [0.29, 0.717) is 24.7 Å².